The fourth-order valence-electron chi connectivity index (χ4n) is 4.70. The van der Waals surface area contributed by atoms with Crippen LogP contribution in [0.4, 0.5) is 5.69 Å². The van der Waals surface area contributed by atoms with Crippen molar-refractivity contribution in [1.29, 1.82) is 0 Å². The number of halogens is 1. The van der Waals surface area contributed by atoms with E-state index in [4.69, 9.17) is 11.6 Å². The fourth-order valence-corrected chi connectivity index (χ4v) is 4.83. The number of carbonyl (C=O) groups excluding carboxylic acids is 1. The Labute approximate surface area is 166 Å². The highest BCUT2D eigenvalue weighted by molar-refractivity contribution is 6.30. The van der Waals surface area contributed by atoms with Gasteiger partial charge >= 0.3 is 0 Å². The van der Waals surface area contributed by atoms with E-state index in [1.165, 1.54) is 44.2 Å². The molecule has 0 bridgehead atoms. The number of nitrogens with one attached hydrogen (secondary N) is 1. The lowest BCUT2D eigenvalue weighted by molar-refractivity contribution is 0.102. The van der Waals surface area contributed by atoms with Crippen LogP contribution in [-0.4, -0.2) is 29.4 Å². The number of anilines is 1. The maximum absolute atomic E-state index is 12.3. The molecule has 1 saturated carbocycles. The van der Waals surface area contributed by atoms with E-state index >= 15 is 0 Å². The second-order valence-electron chi connectivity index (χ2n) is 7.98. The Kier molecular flexibility index (Phi) is 5.51. The van der Waals surface area contributed by atoms with Gasteiger partial charge in [-0.2, -0.15) is 0 Å². The Hall–Kier alpha value is -1.84. The van der Waals surface area contributed by atoms with Gasteiger partial charge in [0, 0.05) is 28.4 Å². The van der Waals surface area contributed by atoms with Gasteiger partial charge in [-0.1, -0.05) is 23.7 Å². The summed E-state index contributed by atoms with van der Waals surface area (Å²) in [4.78, 5) is 15.1. The van der Waals surface area contributed by atoms with Gasteiger partial charge in [-0.15, -0.1) is 0 Å². The van der Waals surface area contributed by atoms with Crippen LogP contribution in [0.2, 0.25) is 5.02 Å². The number of amides is 1. The number of benzene rings is 2. The van der Waals surface area contributed by atoms with Gasteiger partial charge in [0.1, 0.15) is 0 Å². The molecule has 3 nitrogen and oxygen atoms in total. The van der Waals surface area contributed by atoms with Crippen LogP contribution in [0.1, 0.15) is 60.9 Å². The summed E-state index contributed by atoms with van der Waals surface area (Å²) < 4.78 is 0. The van der Waals surface area contributed by atoms with E-state index in [1.54, 1.807) is 24.3 Å². The van der Waals surface area contributed by atoms with Crippen molar-refractivity contribution in [2.45, 2.75) is 57.0 Å². The highest BCUT2D eigenvalue weighted by Gasteiger charge is 2.34. The Balaban J connectivity index is 1.36. The van der Waals surface area contributed by atoms with Crippen molar-refractivity contribution in [2.24, 2.45) is 0 Å². The molecule has 142 valence electrons. The largest absolute Gasteiger partial charge is 0.322 e. The third-order valence-corrected chi connectivity index (χ3v) is 6.48. The first-order valence-electron chi connectivity index (χ1n) is 10.0. The van der Waals surface area contributed by atoms with Gasteiger partial charge in [0.2, 0.25) is 0 Å². The summed E-state index contributed by atoms with van der Waals surface area (Å²) in [6, 6.07) is 16.8. The summed E-state index contributed by atoms with van der Waals surface area (Å²) in [6.07, 6.45) is 6.54. The van der Waals surface area contributed by atoms with E-state index < -0.39 is 0 Å². The van der Waals surface area contributed by atoms with Crippen molar-refractivity contribution in [2.75, 3.05) is 11.9 Å². The molecule has 1 aliphatic carbocycles. The number of rotatable bonds is 4. The van der Waals surface area contributed by atoms with Crippen LogP contribution in [0.5, 0.6) is 0 Å². The van der Waals surface area contributed by atoms with Gasteiger partial charge in [0.05, 0.1) is 0 Å². The summed E-state index contributed by atoms with van der Waals surface area (Å²) in [5, 5.41) is 3.60. The smallest absolute Gasteiger partial charge is 0.255 e. The zero-order valence-corrected chi connectivity index (χ0v) is 16.6. The molecule has 1 amide bonds. The molecule has 2 aromatic rings. The molecule has 2 fully saturated rings. The minimum atomic E-state index is -0.108. The first-order valence-corrected chi connectivity index (χ1v) is 10.4. The summed E-state index contributed by atoms with van der Waals surface area (Å²) in [6.45, 7) is 3.65. The summed E-state index contributed by atoms with van der Waals surface area (Å²) >= 11 is 5.88. The monoisotopic (exact) mass is 382 g/mol. The molecule has 1 saturated heterocycles. The molecular weight excluding hydrogens is 356 g/mol. The zero-order chi connectivity index (χ0) is 18.8. The van der Waals surface area contributed by atoms with Crippen molar-refractivity contribution in [3.63, 3.8) is 0 Å². The van der Waals surface area contributed by atoms with Crippen LogP contribution in [0.25, 0.3) is 0 Å². The summed E-state index contributed by atoms with van der Waals surface area (Å²) in [5.74, 6) is 0.534. The highest BCUT2D eigenvalue weighted by Crippen LogP contribution is 2.39. The van der Waals surface area contributed by atoms with Gasteiger partial charge in [0.15, 0.2) is 0 Å². The number of hydrogen-bond acceptors (Lipinski definition) is 2. The van der Waals surface area contributed by atoms with E-state index in [0.717, 1.165) is 17.8 Å². The van der Waals surface area contributed by atoms with Crippen LogP contribution in [0, 0.1) is 0 Å². The maximum atomic E-state index is 12.3. The predicted molar refractivity (Wildman–Crippen MR) is 112 cm³/mol. The Morgan fingerprint density at radius 3 is 2.44 bits per heavy atom. The molecule has 27 heavy (non-hydrogen) atoms. The van der Waals surface area contributed by atoms with Crippen LogP contribution < -0.4 is 5.32 Å². The summed E-state index contributed by atoms with van der Waals surface area (Å²) in [7, 11) is 0. The number of likely N-dealkylation sites (tertiary alicyclic amines) is 1. The van der Waals surface area contributed by atoms with Crippen LogP contribution in [0.15, 0.2) is 48.5 Å². The quantitative estimate of drug-likeness (QED) is 0.734. The van der Waals surface area contributed by atoms with E-state index in [1.807, 2.05) is 12.1 Å². The average Bonchev–Trinajstić information content (AvgIpc) is 3.31. The van der Waals surface area contributed by atoms with E-state index in [9.17, 15) is 4.79 Å². The molecule has 2 aromatic carbocycles. The van der Waals surface area contributed by atoms with Crippen LogP contribution >= 0.6 is 11.6 Å². The molecule has 0 aromatic heterocycles. The van der Waals surface area contributed by atoms with Gasteiger partial charge in [-0.25, -0.2) is 0 Å². The maximum Gasteiger partial charge on any atom is 0.255 e. The lowest BCUT2D eigenvalue weighted by Crippen LogP contribution is -2.35. The van der Waals surface area contributed by atoms with Crippen molar-refractivity contribution < 1.29 is 4.79 Å². The average molecular weight is 383 g/mol. The number of nitrogens with zero attached hydrogens (tertiary/aromatic N) is 1. The molecule has 3 atom stereocenters. The van der Waals surface area contributed by atoms with Gasteiger partial charge < -0.3 is 5.32 Å². The lowest BCUT2D eigenvalue weighted by atomic mass is 9.97. The molecular formula is C23H27ClN2O. The van der Waals surface area contributed by atoms with Crippen LogP contribution in [-0.2, 0) is 0 Å². The Morgan fingerprint density at radius 2 is 1.78 bits per heavy atom. The third-order valence-electron chi connectivity index (χ3n) is 6.22. The minimum Gasteiger partial charge on any atom is -0.322 e. The van der Waals surface area contributed by atoms with Crippen molar-refractivity contribution in [3.05, 3.63) is 64.7 Å². The van der Waals surface area contributed by atoms with Gasteiger partial charge in [-0.05, 0) is 93.5 Å². The first-order chi connectivity index (χ1) is 13.1. The minimum absolute atomic E-state index is 0.108. The molecule has 1 N–H and O–H groups in total. The van der Waals surface area contributed by atoms with E-state index in [-0.39, 0.29) is 5.91 Å². The van der Waals surface area contributed by atoms with Gasteiger partial charge in [0.25, 0.3) is 5.91 Å². The predicted octanol–water partition coefficient (Wildman–Crippen LogP) is 5.71. The van der Waals surface area contributed by atoms with Crippen molar-refractivity contribution in [1.82, 2.24) is 4.90 Å². The third kappa shape index (κ3) is 4.20. The molecule has 0 radical (unpaired) electrons. The van der Waals surface area contributed by atoms with Gasteiger partial charge in [-0.3, -0.25) is 9.69 Å². The van der Waals surface area contributed by atoms with Crippen molar-refractivity contribution in [3.8, 4) is 0 Å². The lowest BCUT2D eigenvalue weighted by Gasteiger charge is -2.28. The SMILES string of the molecule is C[C@H]1CCCN1C1CC[C@H](c2ccc(NC(=O)c3ccc(Cl)cc3)cc2)C1. The normalized spacial score (nSPS) is 25.6. The molecule has 4 rings (SSSR count). The number of carbonyl (C=O) groups is 1. The fraction of sp³-hybridized carbons (Fsp3) is 0.435. The zero-order valence-electron chi connectivity index (χ0n) is 15.8. The second-order valence-corrected chi connectivity index (χ2v) is 8.41. The molecule has 2 aliphatic rings. The van der Waals surface area contributed by atoms with Crippen molar-refractivity contribution >= 4 is 23.2 Å². The first kappa shape index (κ1) is 18.5. The number of hydrogen-bond donors (Lipinski definition) is 1. The second kappa shape index (κ2) is 8.04. The Morgan fingerprint density at radius 1 is 1.04 bits per heavy atom. The standard InChI is InChI=1S/C23H27ClN2O/c1-16-3-2-14-26(16)22-13-8-19(15-22)17-6-11-21(12-7-17)25-23(27)18-4-9-20(24)10-5-18/h4-7,9-12,16,19,22H,2-3,8,13-15H2,1H3,(H,25,27)/t16-,19-,22?/m0/s1. The topological polar surface area (TPSA) is 32.3 Å². The highest BCUT2D eigenvalue weighted by atomic mass is 35.5. The van der Waals surface area contributed by atoms with Crippen LogP contribution in [0.3, 0.4) is 0 Å². The molecule has 4 heteroatoms. The van der Waals surface area contributed by atoms with E-state index in [0.29, 0.717) is 16.5 Å². The molecule has 0 spiro atoms. The molecule has 1 heterocycles. The Bertz CT molecular complexity index is 787. The summed E-state index contributed by atoms with van der Waals surface area (Å²) in [5.41, 5.74) is 2.84. The van der Waals surface area contributed by atoms with E-state index in [2.05, 4.69) is 29.3 Å². The molecule has 1 aliphatic heterocycles. The molecule has 1 unspecified atom stereocenters.